The van der Waals surface area contributed by atoms with Gasteiger partial charge in [-0.25, -0.2) is 0 Å². The predicted octanol–water partition coefficient (Wildman–Crippen LogP) is 2.03. The van der Waals surface area contributed by atoms with Crippen molar-refractivity contribution in [3.63, 3.8) is 0 Å². The number of benzene rings is 1. The summed E-state index contributed by atoms with van der Waals surface area (Å²) in [6, 6.07) is 7.68. The molecule has 0 unspecified atom stereocenters. The monoisotopic (exact) mass is 221 g/mol. The highest BCUT2D eigenvalue weighted by Gasteiger charge is 2.16. The Kier molecular flexibility index (Phi) is 4.07. The van der Waals surface area contributed by atoms with Gasteiger partial charge in [0.2, 0.25) is 0 Å². The van der Waals surface area contributed by atoms with Crippen LogP contribution in [0.25, 0.3) is 0 Å². The summed E-state index contributed by atoms with van der Waals surface area (Å²) in [5.41, 5.74) is 7.08. The van der Waals surface area contributed by atoms with Gasteiger partial charge in [0.25, 0.3) is 0 Å². The lowest BCUT2D eigenvalue weighted by molar-refractivity contribution is -0.153. The topological polar surface area (TPSA) is 52.3 Å². The zero-order chi connectivity index (χ0) is 12.2. The number of carbonyl (C=O) groups excluding carboxylic acids is 1. The Morgan fingerprint density at radius 3 is 2.12 bits per heavy atom. The van der Waals surface area contributed by atoms with Gasteiger partial charge in [0.15, 0.2) is 0 Å². The fourth-order valence-electron chi connectivity index (χ4n) is 1.34. The SMILES string of the molecule is CC(C)(C)OC(=O)Cc1ccc(CN)cc1. The number of rotatable bonds is 3. The first kappa shape index (κ1) is 12.7. The molecule has 88 valence electrons. The molecule has 0 aliphatic rings. The van der Waals surface area contributed by atoms with E-state index in [9.17, 15) is 4.79 Å². The first-order valence-corrected chi connectivity index (χ1v) is 5.40. The number of carbonyl (C=O) groups is 1. The molecule has 0 fully saturated rings. The molecule has 1 aromatic rings. The van der Waals surface area contributed by atoms with E-state index in [0.717, 1.165) is 11.1 Å². The largest absolute Gasteiger partial charge is 0.460 e. The molecule has 1 aromatic carbocycles. The Labute approximate surface area is 96.6 Å². The van der Waals surface area contributed by atoms with Crippen LogP contribution in [0.4, 0.5) is 0 Å². The molecule has 16 heavy (non-hydrogen) atoms. The number of hydrogen-bond donors (Lipinski definition) is 1. The minimum atomic E-state index is -0.422. The third-order valence-electron chi connectivity index (χ3n) is 2.03. The van der Waals surface area contributed by atoms with E-state index in [0.29, 0.717) is 13.0 Å². The summed E-state index contributed by atoms with van der Waals surface area (Å²) in [6.07, 6.45) is 0.308. The van der Waals surface area contributed by atoms with Crippen molar-refractivity contribution in [3.8, 4) is 0 Å². The van der Waals surface area contributed by atoms with Crippen molar-refractivity contribution in [1.29, 1.82) is 0 Å². The van der Waals surface area contributed by atoms with Gasteiger partial charge in [-0.2, -0.15) is 0 Å². The van der Waals surface area contributed by atoms with Crippen molar-refractivity contribution in [2.75, 3.05) is 0 Å². The lowest BCUT2D eigenvalue weighted by atomic mass is 10.1. The van der Waals surface area contributed by atoms with Crippen molar-refractivity contribution in [2.24, 2.45) is 5.73 Å². The quantitative estimate of drug-likeness (QED) is 0.794. The van der Waals surface area contributed by atoms with Crippen LogP contribution in [0.2, 0.25) is 0 Å². The van der Waals surface area contributed by atoms with Crippen molar-refractivity contribution < 1.29 is 9.53 Å². The van der Waals surface area contributed by atoms with Gasteiger partial charge in [0.1, 0.15) is 5.60 Å². The van der Waals surface area contributed by atoms with E-state index in [1.54, 1.807) is 0 Å². The summed E-state index contributed by atoms with van der Waals surface area (Å²) in [5, 5.41) is 0. The second-order valence-electron chi connectivity index (χ2n) is 4.78. The Bertz CT molecular complexity index is 349. The van der Waals surface area contributed by atoms with Gasteiger partial charge < -0.3 is 10.5 Å². The highest BCUT2D eigenvalue weighted by Crippen LogP contribution is 2.10. The van der Waals surface area contributed by atoms with Gasteiger partial charge in [0, 0.05) is 6.54 Å². The molecule has 0 atom stereocenters. The van der Waals surface area contributed by atoms with Crippen molar-refractivity contribution in [1.82, 2.24) is 0 Å². The molecule has 0 aliphatic carbocycles. The van der Waals surface area contributed by atoms with Crippen LogP contribution in [0.1, 0.15) is 31.9 Å². The Morgan fingerprint density at radius 1 is 1.19 bits per heavy atom. The maximum atomic E-state index is 11.5. The summed E-state index contributed by atoms with van der Waals surface area (Å²) in [5.74, 6) is -0.201. The number of nitrogens with two attached hydrogens (primary N) is 1. The second kappa shape index (κ2) is 5.12. The normalized spacial score (nSPS) is 11.2. The molecule has 0 bridgehead atoms. The molecule has 1 rings (SSSR count). The summed E-state index contributed by atoms with van der Waals surface area (Å²) in [4.78, 5) is 11.5. The van der Waals surface area contributed by atoms with Crippen molar-refractivity contribution in [2.45, 2.75) is 39.3 Å². The first-order valence-electron chi connectivity index (χ1n) is 5.40. The van der Waals surface area contributed by atoms with Crippen LogP contribution < -0.4 is 5.73 Å². The van der Waals surface area contributed by atoms with Crippen LogP contribution in [0.15, 0.2) is 24.3 Å². The average Bonchev–Trinajstić information content (AvgIpc) is 2.16. The van der Waals surface area contributed by atoms with Crippen LogP contribution in [0.5, 0.6) is 0 Å². The smallest absolute Gasteiger partial charge is 0.310 e. The highest BCUT2D eigenvalue weighted by molar-refractivity contribution is 5.73. The molecule has 0 spiro atoms. The van der Waals surface area contributed by atoms with Gasteiger partial charge in [-0.1, -0.05) is 24.3 Å². The van der Waals surface area contributed by atoms with E-state index in [1.165, 1.54) is 0 Å². The lowest BCUT2D eigenvalue weighted by Crippen LogP contribution is -2.24. The van der Waals surface area contributed by atoms with E-state index in [4.69, 9.17) is 10.5 Å². The molecule has 0 saturated heterocycles. The van der Waals surface area contributed by atoms with Crippen molar-refractivity contribution >= 4 is 5.97 Å². The third-order valence-corrected chi connectivity index (χ3v) is 2.03. The van der Waals surface area contributed by atoms with E-state index in [2.05, 4.69) is 0 Å². The standard InChI is InChI=1S/C13H19NO2/c1-13(2,3)16-12(15)8-10-4-6-11(9-14)7-5-10/h4-7H,8-9,14H2,1-3H3. The van der Waals surface area contributed by atoms with Crippen LogP contribution in [0.3, 0.4) is 0 Å². The van der Waals surface area contributed by atoms with Gasteiger partial charge in [-0.3, -0.25) is 4.79 Å². The Hall–Kier alpha value is -1.35. The first-order chi connectivity index (χ1) is 7.40. The maximum absolute atomic E-state index is 11.5. The molecule has 0 aromatic heterocycles. The highest BCUT2D eigenvalue weighted by atomic mass is 16.6. The number of hydrogen-bond acceptors (Lipinski definition) is 3. The Balaban J connectivity index is 2.56. The molecule has 0 heterocycles. The van der Waals surface area contributed by atoms with E-state index in [1.807, 2.05) is 45.0 Å². The summed E-state index contributed by atoms with van der Waals surface area (Å²) >= 11 is 0. The fraction of sp³-hybridized carbons (Fsp3) is 0.462. The minimum absolute atomic E-state index is 0.201. The van der Waals surface area contributed by atoms with E-state index < -0.39 is 5.60 Å². The molecular weight excluding hydrogens is 202 g/mol. The molecule has 0 saturated carbocycles. The summed E-state index contributed by atoms with van der Waals surface area (Å²) < 4.78 is 5.23. The Morgan fingerprint density at radius 2 is 1.69 bits per heavy atom. The summed E-state index contributed by atoms with van der Waals surface area (Å²) in [7, 11) is 0. The van der Waals surface area contributed by atoms with E-state index >= 15 is 0 Å². The van der Waals surface area contributed by atoms with Gasteiger partial charge in [-0.05, 0) is 31.9 Å². The fourth-order valence-corrected chi connectivity index (χ4v) is 1.34. The van der Waals surface area contributed by atoms with Crippen LogP contribution in [-0.2, 0) is 22.5 Å². The molecule has 0 radical (unpaired) electrons. The number of esters is 1. The van der Waals surface area contributed by atoms with Gasteiger partial charge in [0.05, 0.1) is 6.42 Å². The predicted molar refractivity (Wildman–Crippen MR) is 63.9 cm³/mol. The molecule has 3 nitrogen and oxygen atoms in total. The molecule has 0 amide bonds. The maximum Gasteiger partial charge on any atom is 0.310 e. The van der Waals surface area contributed by atoms with Crippen LogP contribution in [0, 0.1) is 0 Å². The molecule has 3 heteroatoms. The van der Waals surface area contributed by atoms with E-state index in [-0.39, 0.29) is 5.97 Å². The minimum Gasteiger partial charge on any atom is -0.460 e. The molecular formula is C13H19NO2. The molecule has 2 N–H and O–H groups in total. The third kappa shape index (κ3) is 4.45. The van der Waals surface area contributed by atoms with Crippen LogP contribution in [-0.4, -0.2) is 11.6 Å². The van der Waals surface area contributed by atoms with Crippen LogP contribution >= 0.6 is 0 Å². The molecule has 0 aliphatic heterocycles. The average molecular weight is 221 g/mol. The zero-order valence-electron chi connectivity index (χ0n) is 10.1. The number of ether oxygens (including phenoxy) is 1. The summed E-state index contributed by atoms with van der Waals surface area (Å²) in [6.45, 7) is 6.11. The zero-order valence-corrected chi connectivity index (χ0v) is 10.1. The van der Waals surface area contributed by atoms with Gasteiger partial charge in [-0.15, -0.1) is 0 Å². The second-order valence-corrected chi connectivity index (χ2v) is 4.78. The lowest BCUT2D eigenvalue weighted by Gasteiger charge is -2.19. The van der Waals surface area contributed by atoms with Gasteiger partial charge >= 0.3 is 5.97 Å². The van der Waals surface area contributed by atoms with Crippen molar-refractivity contribution in [3.05, 3.63) is 35.4 Å².